The molecule has 0 amide bonds. The number of anilines is 1. The van der Waals surface area contributed by atoms with Crippen molar-refractivity contribution >= 4 is 28.5 Å². The molecule has 0 aliphatic carbocycles. The third-order valence-electron chi connectivity index (χ3n) is 4.08. The van der Waals surface area contributed by atoms with E-state index in [9.17, 15) is 0 Å². The van der Waals surface area contributed by atoms with E-state index < -0.39 is 0 Å². The Labute approximate surface area is 149 Å². The molecule has 0 atom stereocenters. The molecule has 4 rings (SSSR count). The third kappa shape index (κ3) is 2.94. The van der Waals surface area contributed by atoms with Gasteiger partial charge in [-0.1, -0.05) is 59.2 Å². The number of aryl methyl sites for hydroxylation is 1. The summed E-state index contributed by atoms with van der Waals surface area (Å²) in [5.41, 5.74) is 4.28. The molecule has 0 spiro atoms. The van der Waals surface area contributed by atoms with Crippen LogP contribution in [0.1, 0.15) is 11.1 Å². The van der Waals surface area contributed by atoms with E-state index in [0.29, 0.717) is 23.1 Å². The number of fused-ring (bicyclic) bond motifs is 1. The summed E-state index contributed by atoms with van der Waals surface area (Å²) >= 11 is 6.23. The van der Waals surface area contributed by atoms with Crippen LogP contribution in [-0.4, -0.2) is 15.1 Å². The molecule has 124 valence electrons. The smallest absolute Gasteiger partial charge is 0.263 e. The Morgan fingerprint density at radius 1 is 1.04 bits per heavy atom. The summed E-state index contributed by atoms with van der Waals surface area (Å²) in [5, 5.41) is 9.02. The maximum atomic E-state index is 6.23. The van der Waals surface area contributed by atoms with Crippen LogP contribution in [0.2, 0.25) is 5.02 Å². The molecule has 2 heterocycles. The topological polar surface area (TPSA) is 63.8 Å². The number of aromatic nitrogens is 3. The summed E-state index contributed by atoms with van der Waals surface area (Å²) in [6.45, 7) is 2.58. The van der Waals surface area contributed by atoms with Crippen LogP contribution in [0.3, 0.4) is 0 Å². The van der Waals surface area contributed by atoms with Crippen molar-refractivity contribution in [1.29, 1.82) is 0 Å². The first kappa shape index (κ1) is 15.6. The van der Waals surface area contributed by atoms with Crippen LogP contribution in [0, 0.1) is 6.92 Å². The monoisotopic (exact) mass is 350 g/mol. The van der Waals surface area contributed by atoms with Crippen molar-refractivity contribution in [2.45, 2.75) is 13.5 Å². The van der Waals surface area contributed by atoms with Gasteiger partial charge in [0.1, 0.15) is 23.2 Å². The average molecular weight is 351 g/mol. The maximum absolute atomic E-state index is 6.23. The van der Waals surface area contributed by atoms with Crippen molar-refractivity contribution in [2.24, 2.45) is 0 Å². The fourth-order valence-electron chi connectivity index (χ4n) is 2.76. The number of rotatable bonds is 4. The van der Waals surface area contributed by atoms with Crippen LogP contribution in [0.25, 0.3) is 22.4 Å². The van der Waals surface area contributed by atoms with E-state index in [1.54, 1.807) is 0 Å². The van der Waals surface area contributed by atoms with Gasteiger partial charge in [0.2, 0.25) is 0 Å². The highest BCUT2D eigenvalue weighted by Gasteiger charge is 2.17. The molecule has 0 fully saturated rings. The van der Waals surface area contributed by atoms with Gasteiger partial charge in [-0.25, -0.2) is 4.98 Å². The van der Waals surface area contributed by atoms with Crippen molar-refractivity contribution in [3.8, 4) is 11.3 Å². The first-order valence-electron chi connectivity index (χ1n) is 7.87. The van der Waals surface area contributed by atoms with Crippen molar-refractivity contribution < 1.29 is 4.52 Å². The molecule has 0 bridgehead atoms. The zero-order chi connectivity index (χ0) is 17.2. The Hall–Kier alpha value is -2.92. The molecule has 6 heteroatoms. The summed E-state index contributed by atoms with van der Waals surface area (Å²) in [4.78, 5) is 8.56. The van der Waals surface area contributed by atoms with Crippen LogP contribution >= 0.6 is 11.6 Å². The SMILES string of the molecule is Cc1ccccc1-c1noc2ncnc(NCc3ccccc3Cl)c12. The minimum atomic E-state index is 0.454. The van der Waals surface area contributed by atoms with Gasteiger partial charge in [0, 0.05) is 17.1 Å². The molecule has 1 N–H and O–H groups in total. The quantitative estimate of drug-likeness (QED) is 0.569. The van der Waals surface area contributed by atoms with E-state index in [1.807, 2.05) is 55.5 Å². The van der Waals surface area contributed by atoms with Gasteiger partial charge in [-0.3, -0.25) is 0 Å². The minimum Gasteiger partial charge on any atom is -0.365 e. The lowest BCUT2D eigenvalue weighted by molar-refractivity contribution is 0.451. The standard InChI is InChI=1S/C19H15ClN4O/c1-12-6-2-4-8-14(12)17-16-18(22-11-23-19(16)25-24-17)21-10-13-7-3-5-9-15(13)20/h2-9,11H,10H2,1H3,(H,21,22,23). The van der Waals surface area contributed by atoms with E-state index in [0.717, 1.165) is 27.8 Å². The van der Waals surface area contributed by atoms with Crippen LogP contribution < -0.4 is 5.32 Å². The lowest BCUT2D eigenvalue weighted by Crippen LogP contribution is -2.03. The molecule has 25 heavy (non-hydrogen) atoms. The van der Waals surface area contributed by atoms with Crippen molar-refractivity contribution in [3.63, 3.8) is 0 Å². The first-order chi connectivity index (χ1) is 12.2. The summed E-state index contributed by atoms with van der Waals surface area (Å²) in [6.07, 6.45) is 1.46. The number of hydrogen-bond acceptors (Lipinski definition) is 5. The summed E-state index contributed by atoms with van der Waals surface area (Å²) in [6, 6.07) is 15.7. The van der Waals surface area contributed by atoms with Gasteiger partial charge in [-0.2, -0.15) is 4.98 Å². The lowest BCUT2D eigenvalue weighted by atomic mass is 10.0. The maximum Gasteiger partial charge on any atom is 0.263 e. The van der Waals surface area contributed by atoms with E-state index >= 15 is 0 Å². The zero-order valence-corrected chi connectivity index (χ0v) is 14.3. The van der Waals surface area contributed by atoms with Crippen molar-refractivity contribution in [2.75, 3.05) is 5.32 Å². The van der Waals surface area contributed by atoms with Gasteiger partial charge in [-0.15, -0.1) is 0 Å². The molecule has 4 aromatic rings. The van der Waals surface area contributed by atoms with Gasteiger partial charge >= 0.3 is 0 Å². The number of benzene rings is 2. The molecule has 2 aromatic heterocycles. The largest absolute Gasteiger partial charge is 0.365 e. The Morgan fingerprint density at radius 2 is 1.84 bits per heavy atom. The molecule has 0 saturated carbocycles. The summed E-state index contributed by atoms with van der Waals surface area (Å²) in [7, 11) is 0. The fourth-order valence-corrected chi connectivity index (χ4v) is 2.97. The number of nitrogens with one attached hydrogen (secondary N) is 1. The highest BCUT2D eigenvalue weighted by atomic mass is 35.5. The molecule has 5 nitrogen and oxygen atoms in total. The number of nitrogens with zero attached hydrogens (tertiary/aromatic N) is 3. The predicted molar refractivity (Wildman–Crippen MR) is 98.6 cm³/mol. The molecule has 0 saturated heterocycles. The Balaban J connectivity index is 1.76. The van der Waals surface area contributed by atoms with Gasteiger partial charge < -0.3 is 9.84 Å². The molecule has 0 aliphatic heterocycles. The van der Waals surface area contributed by atoms with Crippen LogP contribution in [0.5, 0.6) is 0 Å². The summed E-state index contributed by atoms with van der Waals surface area (Å²) in [5.74, 6) is 0.671. The van der Waals surface area contributed by atoms with Crippen molar-refractivity contribution in [1.82, 2.24) is 15.1 Å². The van der Waals surface area contributed by atoms with E-state index in [-0.39, 0.29) is 0 Å². The minimum absolute atomic E-state index is 0.454. The fraction of sp³-hybridized carbons (Fsp3) is 0.105. The second kappa shape index (κ2) is 6.53. The molecule has 2 aromatic carbocycles. The number of halogens is 1. The predicted octanol–water partition coefficient (Wildman–Crippen LogP) is 4.86. The molecule has 0 unspecified atom stereocenters. The normalized spacial score (nSPS) is 11.0. The molecular formula is C19H15ClN4O. The third-order valence-corrected chi connectivity index (χ3v) is 4.45. The van der Waals surface area contributed by atoms with Gasteiger partial charge in [0.25, 0.3) is 5.71 Å². The van der Waals surface area contributed by atoms with Crippen molar-refractivity contribution in [3.05, 3.63) is 71.0 Å². The second-order valence-electron chi connectivity index (χ2n) is 5.69. The Kier molecular flexibility index (Phi) is 4.07. The number of hydrogen-bond donors (Lipinski definition) is 1. The van der Waals surface area contributed by atoms with Crippen LogP contribution in [0.4, 0.5) is 5.82 Å². The summed E-state index contributed by atoms with van der Waals surface area (Å²) < 4.78 is 5.41. The Bertz CT molecular complexity index is 1040. The van der Waals surface area contributed by atoms with Gasteiger partial charge in [0.05, 0.1) is 0 Å². The van der Waals surface area contributed by atoms with Gasteiger partial charge in [-0.05, 0) is 24.1 Å². The highest BCUT2D eigenvalue weighted by Crippen LogP contribution is 2.33. The van der Waals surface area contributed by atoms with E-state index in [2.05, 4.69) is 20.4 Å². The molecule has 0 aliphatic rings. The van der Waals surface area contributed by atoms with E-state index in [1.165, 1.54) is 6.33 Å². The molecule has 0 radical (unpaired) electrons. The lowest BCUT2D eigenvalue weighted by Gasteiger charge is -2.09. The highest BCUT2D eigenvalue weighted by molar-refractivity contribution is 6.31. The van der Waals surface area contributed by atoms with Crippen LogP contribution in [0.15, 0.2) is 59.4 Å². The Morgan fingerprint density at radius 3 is 2.68 bits per heavy atom. The second-order valence-corrected chi connectivity index (χ2v) is 6.10. The van der Waals surface area contributed by atoms with Gasteiger partial charge in [0.15, 0.2) is 0 Å². The first-order valence-corrected chi connectivity index (χ1v) is 8.25. The van der Waals surface area contributed by atoms with Crippen LogP contribution in [-0.2, 0) is 6.54 Å². The average Bonchev–Trinajstić information content (AvgIpc) is 3.06. The zero-order valence-electron chi connectivity index (χ0n) is 13.5. The molecular weight excluding hydrogens is 336 g/mol. The van der Waals surface area contributed by atoms with E-state index in [4.69, 9.17) is 16.1 Å².